The average Bonchev–Trinajstić information content (AvgIpc) is 2.03. The Kier molecular flexibility index (Phi) is 2.60. The molecule has 0 aliphatic rings. The Labute approximate surface area is 72.3 Å². The first kappa shape index (κ1) is 9.63. The molecule has 0 unspecified atom stereocenters. The zero-order chi connectivity index (χ0) is 10.0. The van der Waals surface area contributed by atoms with Gasteiger partial charge in [-0.05, 0) is 0 Å². The molecular weight excluding hydrogens is 185 g/mol. The molecule has 0 spiro atoms. The third kappa shape index (κ3) is 1.82. The first-order valence-electron chi connectivity index (χ1n) is 3.34. The van der Waals surface area contributed by atoms with Crippen molar-refractivity contribution >= 4 is 5.69 Å². The smallest absolute Gasteiger partial charge is 0.282 e. The summed E-state index contributed by atoms with van der Waals surface area (Å²) in [5.74, 6) is -1.34. The summed E-state index contributed by atoms with van der Waals surface area (Å²) in [6, 6.07) is 0.757. The molecule has 3 nitrogen and oxygen atoms in total. The number of alkyl halides is 2. The quantitative estimate of drug-likeness (QED) is 0.776. The molecule has 72 valence electrons. The Bertz CT molecular complexity index is 317. The number of ether oxygens (including phenoxy) is 1. The maximum Gasteiger partial charge on any atom is 0.282 e. The molecule has 1 heterocycles. The van der Waals surface area contributed by atoms with E-state index in [9.17, 15) is 13.2 Å². The molecule has 0 saturated carbocycles. The third-order valence-electron chi connectivity index (χ3n) is 1.40. The van der Waals surface area contributed by atoms with E-state index in [0.717, 1.165) is 13.2 Å². The van der Waals surface area contributed by atoms with Crippen molar-refractivity contribution in [3.8, 4) is 5.88 Å². The van der Waals surface area contributed by atoms with Gasteiger partial charge in [0.15, 0.2) is 5.82 Å². The average molecular weight is 192 g/mol. The summed E-state index contributed by atoms with van der Waals surface area (Å²) in [6.45, 7) is 0. The van der Waals surface area contributed by atoms with E-state index >= 15 is 0 Å². The molecule has 0 bridgehead atoms. The van der Waals surface area contributed by atoms with E-state index in [-0.39, 0.29) is 5.69 Å². The van der Waals surface area contributed by atoms with Crippen LogP contribution in [0.5, 0.6) is 5.88 Å². The molecule has 13 heavy (non-hydrogen) atoms. The van der Waals surface area contributed by atoms with Gasteiger partial charge >= 0.3 is 0 Å². The van der Waals surface area contributed by atoms with Crippen molar-refractivity contribution in [1.29, 1.82) is 0 Å². The SMILES string of the molecule is COc1nc(C(F)F)c(N)cc1F. The fraction of sp³-hybridized carbons (Fsp3) is 0.286. The molecule has 1 rings (SSSR count). The van der Waals surface area contributed by atoms with Crippen molar-refractivity contribution in [1.82, 2.24) is 4.98 Å². The maximum absolute atomic E-state index is 12.8. The van der Waals surface area contributed by atoms with Gasteiger partial charge in [-0.25, -0.2) is 18.2 Å². The molecule has 0 aliphatic carbocycles. The monoisotopic (exact) mass is 192 g/mol. The highest BCUT2D eigenvalue weighted by Gasteiger charge is 2.17. The van der Waals surface area contributed by atoms with Crippen LogP contribution in [0.25, 0.3) is 0 Å². The second kappa shape index (κ2) is 3.51. The number of halogens is 3. The standard InChI is InChI=1S/C7H7F3N2O/c1-13-7-3(8)2-4(11)5(12-7)6(9)10/h2,6H,11H2,1H3. The molecule has 6 heteroatoms. The molecule has 1 aromatic heterocycles. The van der Waals surface area contributed by atoms with E-state index in [2.05, 4.69) is 9.72 Å². The van der Waals surface area contributed by atoms with Crippen molar-refractivity contribution in [2.75, 3.05) is 12.8 Å². The lowest BCUT2D eigenvalue weighted by Crippen LogP contribution is -2.02. The summed E-state index contributed by atoms with van der Waals surface area (Å²) in [5, 5.41) is 0. The fourth-order valence-corrected chi connectivity index (χ4v) is 0.817. The highest BCUT2D eigenvalue weighted by atomic mass is 19.3. The van der Waals surface area contributed by atoms with Crippen LogP contribution in [0.15, 0.2) is 6.07 Å². The van der Waals surface area contributed by atoms with Crippen LogP contribution in [0.3, 0.4) is 0 Å². The minimum absolute atomic E-state index is 0.381. The topological polar surface area (TPSA) is 48.1 Å². The van der Waals surface area contributed by atoms with Gasteiger partial charge in [-0.3, -0.25) is 0 Å². The summed E-state index contributed by atoms with van der Waals surface area (Å²) >= 11 is 0. The first-order chi connectivity index (χ1) is 6.06. The molecule has 0 fully saturated rings. The van der Waals surface area contributed by atoms with Crippen LogP contribution in [0.2, 0.25) is 0 Å². The van der Waals surface area contributed by atoms with Crippen molar-refractivity contribution < 1.29 is 17.9 Å². The first-order valence-corrected chi connectivity index (χ1v) is 3.34. The number of rotatable bonds is 2. The summed E-state index contributed by atoms with van der Waals surface area (Å²) < 4.78 is 41.5. The maximum atomic E-state index is 12.8. The predicted octanol–water partition coefficient (Wildman–Crippen LogP) is 1.75. The lowest BCUT2D eigenvalue weighted by atomic mass is 10.3. The number of nitrogens with zero attached hydrogens (tertiary/aromatic N) is 1. The van der Waals surface area contributed by atoms with Crippen molar-refractivity contribution in [3.05, 3.63) is 17.6 Å². The molecule has 2 N–H and O–H groups in total. The zero-order valence-corrected chi connectivity index (χ0v) is 6.72. The van der Waals surface area contributed by atoms with Crippen LogP contribution >= 0.6 is 0 Å². The van der Waals surface area contributed by atoms with Crippen molar-refractivity contribution in [3.63, 3.8) is 0 Å². The van der Waals surface area contributed by atoms with E-state index in [1.165, 1.54) is 0 Å². The largest absolute Gasteiger partial charge is 0.479 e. The molecule has 0 radical (unpaired) electrons. The number of methoxy groups -OCH3 is 1. The van der Waals surface area contributed by atoms with Gasteiger partial charge in [0.05, 0.1) is 12.8 Å². The van der Waals surface area contributed by atoms with Crippen molar-refractivity contribution in [2.24, 2.45) is 0 Å². The van der Waals surface area contributed by atoms with E-state index in [1.54, 1.807) is 0 Å². The number of pyridine rings is 1. The Balaban J connectivity index is 3.22. The van der Waals surface area contributed by atoms with Crippen LogP contribution in [-0.2, 0) is 0 Å². The van der Waals surface area contributed by atoms with Gasteiger partial charge in [-0.2, -0.15) is 0 Å². The number of hydrogen-bond acceptors (Lipinski definition) is 3. The van der Waals surface area contributed by atoms with Crippen molar-refractivity contribution in [2.45, 2.75) is 6.43 Å². The Hall–Kier alpha value is -1.46. The van der Waals surface area contributed by atoms with Gasteiger partial charge in [-0.15, -0.1) is 0 Å². The zero-order valence-electron chi connectivity index (χ0n) is 6.72. The van der Waals surface area contributed by atoms with Crippen LogP contribution in [0, 0.1) is 5.82 Å². The van der Waals surface area contributed by atoms with Crippen LogP contribution < -0.4 is 10.5 Å². The van der Waals surface area contributed by atoms with E-state index < -0.39 is 23.8 Å². The van der Waals surface area contributed by atoms with E-state index in [4.69, 9.17) is 5.73 Å². The molecule has 0 aromatic carbocycles. The second-order valence-corrected chi connectivity index (χ2v) is 2.25. The van der Waals surface area contributed by atoms with Gasteiger partial charge in [0, 0.05) is 6.07 Å². The molecular formula is C7H7F3N2O. The van der Waals surface area contributed by atoms with Gasteiger partial charge in [-0.1, -0.05) is 0 Å². The van der Waals surface area contributed by atoms with E-state index in [1.807, 2.05) is 0 Å². The number of anilines is 1. The highest BCUT2D eigenvalue weighted by molar-refractivity contribution is 5.45. The Morgan fingerprint density at radius 2 is 2.15 bits per heavy atom. The lowest BCUT2D eigenvalue weighted by molar-refractivity contribution is 0.145. The number of hydrogen-bond donors (Lipinski definition) is 1. The number of nitrogen functional groups attached to an aromatic ring is 1. The van der Waals surface area contributed by atoms with Gasteiger partial charge < -0.3 is 10.5 Å². The lowest BCUT2D eigenvalue weighted by Gasteiger charge is -2.06. The Morgan fingerprint density at radius 1 is 1.54 bits per heavy atom. The van der Waals surface area contributed by atoms with Crippen LogP contribution in [0.4, 0.5) is 18.9 Å². The second-order valence-electron chi connectivity index (χ2n) is 2.25. The van der Waals surface area contributed by atoms with Gasteiger partial charge in [0.25, 0.3) is 12.3 Å². The molecule has 1 aromatic rings. The van der Waals surface area contributed by atoms with Crippen LogP contribution in [0.1, 0.15) is 12.1 Å². The Morgan fingerprint density at radius 3 is 2.62 bits per heavy atom. The van der Waals surface area contributed by atoms with E-state index in [0.29, 0.717) is 0 Å². The summed E-state index contributed by atoms with van der Waals surface area (Å²) in [7, 11) is 1.14. The van der Waals surface area contributed by atoms with Crippen LogP contribution in [-0.4, -0.2) is 12.1 Å². The number of aromatic nitrogens is 1. The minimum Gasteiger partial charge on any atom is -0.479 e. The van der Waals surface area contributed by atoms with Gasteiger partial charge in [0.2, 0.25) is 0 Å². The molecule has 0 aliphatic heterocycles. The number of nitrogens with two attached hydrogens (primary N) is 1. The highest BCUT2D eigenvalue weighted by Crippen LogP contribution is 2.27. The summed E-state index contributed by atoms with van der Waals surface area (Å²) in [4.78, 5) is 3.22. The summed E-state index contributed by atoms with van der Waals surface area (Å²) in [5.41, 5.74) is 4.06. The summed E-state index contributed by atoms with van der Waals surface area (Å²) in [6.07, 6.45) is -2.84. The molecule has 0 atom stereocenters. The van der Waals surface area contributed by atoms with Gasteiger partial charge in [0.1, 0.15) is 5.69 Å². The third-order valence-corrected chi connectivity index (χ3v) is 1.40. The normalized spacial score (nSPS) is 10.5. The predicted molar refractivity (Wildman–Crippen MR) is 40.1 cm³/mol. The fourth-order valence-electron chi connectivity index (χ4n) is 0.817. The minimum atomic E-state index is -2.84. The molecule has 0 saturated heterocycles. The molecule has 0 amide bonds.